The summed E-state index contributed by atoms with van der Waals surface area (Å²) in [5.41, 5.74) is 3.92. The van der Waals surface area contributed by atoms with E-state index in [-0.39, 0.29) is 11.7 Å². The van der Waals surface area contributed by atoms with Gasteiger partial charge in [-0.05, 0) is 55.0 Å². The van der Waals surface area contributed by atoms with Gasteiger partial charge in [-0.1, -0.05) is 12.1 Å². The summed E-state index contributed by atoms with van der Waals surface area (Å²) in [5.74, 6) is 0.168. The van der Waals surface area contributed by atoms with E-state index in [1.807, 2.05) is 35.9 Å². The number of hydrogen-bond donors (Lipinski definition) is 1. The van der Waals surface area contributed by atoms with Crippen LogP contribution in [-0.4, -0.2) is 20.4 Å². The molecule has 4 aromatic rings. The van der Waals surface area contributed by atoms with Crippen molar-refractivity contribution in [2.75, 3.05) is 5.32 Å². The summed E-state index contributed by atoms with van der Waals surface area (Å²) >= 11 is 0. The van der Waals surface area contributed by atoms with Crippen LogP contribution in [0.2, 0.25) is 0 Å². The number of pyridine rings is 1. The van der Waals surface area contributed by atoms with Crippen LogP contribution in [0.5, 0.6) is 0 Å². The number of nitrogens with zero attached hydrogens (tertiary/aromatic N) is 3. The maximum Gasteiger partial charge on any atom is 0.255 e. The Morgan fingerprint density at radius 1 is 1.11 bits per heavy atom. The van der Waals surface area contributed by atoms with Crippen molar-refractivity contribution < 1.29 is 9.18 Å². The maximum atomic E-state index is 13.4. The van der Waals surface area contributed by atoms with Crippen LogP contribution in [0.4, 0.5) is 10.1 Å². The van der Waals surface area contributed by atoms with Crippen LogP contribution in [0, 0.1) is 12.7 Å². The summed E-state index contributed by atoms with van der Waals surface area (Å²) in [5, 5.41) is 2.80. The number of fused-ring (bicyclic) bond motifs is 1. The number of halogens is 1. The van der Waals surface area contributed by atoms with E-state index < -0.39 is 0 Å². The maximum absolute atomic E-state index is 13.4. The van der Waals surface area contributed by atoms with Gasteiger partial charge in [0.05, 0.1) is 0 Å². The lowest BCUT2D eigenvalue weighted by atomic mass is 10.1. The minimum absolute atomic E-state index is 0.264. The molecule has 0 radical (unpaired) electrons. The SMILES string of the molecule is Cc1cc(NC(=O)c2cccc(-c3nc4cccnc4n3C)c2)ccc1F. The van der Waals surface area contributed by atoms with E-state index in [1.54, 1.807) is 37.4 Å². The van der Waals surface area contributed by atoms with E-state index >= 15 is 0 Å². The molecule has 0 saturated heterocycles. The number of anilines is 1. The predicted octanol–water partition coefficient (Wildman–Crippen LogP) is 4.34. The summed E-state index contributed by atoms with van der Waals surface area (Å²) in [6, 6.07) is 15.5. The number of aromatic nitrogens is 3. The van der Waals surface area contributed by atoms with Gasteiger partial charge in [-0.25, -0.2) is 14.4 Å². The Morgan fingerprint density at radius 2 is 1.96 bits per heavy atom. The summed E-state index contributed by atoms with van der Waals surface area (Å²) in [4.78, 5) is 21.6. The van der Waals surface area contributed by atoms with Gasteiger partial charge in [0.15, 0.2) is 5.65 Å². The molecule has 0 bridgehead atoms. The van der Waals surface area contributed by atoms with Crippen molar-refractivity contribution >= 4 is 22.8 Å². The average molecular weight is 360 g/mol. The molecule has 0 spiro atoms. The first-order valence-electron chi connectivity index (χ1n) is 8.48. The van der Waals surface area contributed by atoms with E-state index in [4.69, 9.17) is 0 Å². The van der Waals surface area contributed by atoms with Crippen LogP contribution in [0.1, 0.15) is 15.9 Å². The molecule has 5 nitrogen and oxygen atoms in total. The zero-order chi connectivity index (χ0) is 19.0. The molecular weight excluding hydrogens is 343 g/mol. The molecule has 2 heterocycles. The number of benzene rings is 2. The summed E-state index contributed by atoms with van der Waals surface area (Å²) in [6.45, 7) is 1.66. The third kappa shape index (κ3) is 3.17. The second kappa shape index (κ2) is 6.64. The second-order valence-corrected chi connectivity index (χ2v) is 6.34. The van der Waals surface area contributed by atoms with Crippen LogP contribution in [0.25, 0.3) is 22.6 Å². The monoisotopic (exact) mass is 360 g/mol. The van der Waals surface area contributed by atoms with E-state index in [0.29, 0.717) is 16.8 Å². The third-order valence-corrected chi connectivity index (χ3v) is 4.43. The molecule has 4 rings (SSSR count). The molecule has 0 aliphatic rings. The van der Waals surface area contributed by atoms with Crippen molar-refractivity contribution in [3.8, 4) is 11.4 Å². The van der Waals surface area contributed by atoms with Gasteiger partial charge in [0.1, 0.15) is 17.2 Å². The Balaban J connectivity index is 1.66. The second-order valence-electron chi connectivity index (χ2n) is 6.34. The quantitative estimate of drug-likeness (QED) is 0.591. The molecule has 0 atom stereocenters. The fourth-order valence-electron chi connectivity index (χ4n) is 3.01. The average Bonchev–Trinajstić information content (AvgIpc) is 3.02. The molecule has 0 unspecified atom stereocenters. The number of imidazole rings is 1. The highest BCUT2D eigenvalue weighted by Crippen LogP contribution is 2.23. The van der Waals surface area contributed by atoms with Gasteiger partial charge >= 0.3 is 0 Å². The molecule has 2 aromatic carbocycles. The van der Waals surface area contributed by atoms with E-state index in [0.717, 1.165) is 22.6 Å². The number of nitrogens with one attached hydrogen (secondary N) is 1. The molecule has 6 heteroatoms. The van der Waals surface area contributed by atoms with E-state index in [2.05, 4.69) is 15.3 Å². The van der Waals surface area contributed by atoms with Gasteiger partial charge in [0.25, 0.3) is 5.91 Å². The molecule has 0 fully saturated rings. The highest BCUT2D eigenvalue weighted by atomic mass is 19.1. The minimum Gasteiger partial charge on any atom is -0.322 e. The van der Waals surface area contributed by atoms with E-state index in [9.17, 15) is 9.18 Å². The van der Waals surface area contributed by atoms with Crippen molar-refractivity contribution in [2.45, 2.75) is 6.92 Å². The number of hydrogen-bond acceptors (Lipinski definition) is 3. The third-order valence-electron chi connectivity index (χ3n) is 4.43. The molecule has 0 aliphatic carbocycles. The summed E-state index contributed by atoms with van der Waals surface area (Å²) in [7, 11) is 1.89. The molecule has 2 aromatic heterocycles. The Labute approximate surface area is 155 Å². The first-order chi connectivity index (χ1) is 13.0. The largest absolute Gasteiger partial charge is 0.322 e. The Kier molecular flexibility index (Phi) is 4.16. The zero-order valence-electron chi connectivity index (χ0n) is 14.9. The Hall–Kier alpha value is -3.54. The molecule has 0 saturated carbocycles. The summed E-state index contributed by atoms with van der Waals surface area (Å²) in [6.07, 6.45) is 1.72. The molecule has 27 heavy (non-hydrogen) atoms. The van der Waals surface area contributed by atoms with Gasteiger partial charge < -0.3 is 9.88 Å². The van der Waals surface area contributed by atoms with Crippen LogP contribution in [0.3, 0.4) is 0 Å². The van der Waals surface area contributed by atoms with Crippen LogP contribution >= 0.6 is 0 Å². The number of carbonyl (C=O) groups is 1. The number of carbonyl (C=O) groups excluding carboxylic acids is 1. The van der Waals surface area contributed by atoms with Crippen molar-refractivity contribution in [1.29, 1.82) is 0 Å². The number of rotatable bonds is 3. The van der Waals surface area contributed by atoms with E-state index in [1.165, 1.54) is 6.07 Å². The van der Waals surface area contributed by atoms with Crippen LogP contribution in [0.15, 0.2) is 60.8 Å². The first kappa shape index (κ1) is 16.9. The number of aryl methyl sites for hydroxylation is 2. The fourth-order valence-corrected chi connectivity index (χ4v) is 3.01. The van der Waals surface area contributed by atoms with Gasteiger partial charge in [-0.3, -0.25) is 4.79 Å². The van der Waals surface area contributed by atoms with Gasteiger partial charge in [-0.2, -0.15) is 0 Å². The lowest BCUT2D eigenvalue weighted by Crippen LogP contribution is -2.12. The zero-order valence-corrected chi connectivity index (χ0v) is 14.9. The number of amides is 1. The van der Waals surface area contributed by atoms with Crippen molar-refractivity contribution in [3.05, 3.63) is 77.7 Å². The predicted molar refractivity (Wildman–Crippen MR) is 103 cm³/mol. The van der Waals surface area contributed by atoms with Crippen molar-refractivity contribution in [3.63, 3.8) is 0 Å². The lowest BCUT2D eigenvalue weighted by Gasteiger charge is -2.08. The van der Waals surface area contributed by atoms with Crippen LogP contribution in [-0.2, 0) is 7.05 Å². The fraction of sp³-hybridized carbons (Fsp3) is 0.0952. The van der Waals surface area contributed by atoms with Crippen molar-refractivity contribution in [1.82, 2.24) is 14.5 Å². The first-order valence-corrected chi connectivity index (χ1v) is 8.48. The summed E-state index contributed by atoms with van der Waals surface area (Å²) < 4.78 is 15.3. The molecule has 134 valence electrons. The normalized spacial score (nSPS) is 10.9. The smallest absolute Gasteiger partial charge is 0.255 e. The molecule has 1 N–H and O–H groups in total. The van der Waals surface area contributed by atoms with Gasteiger partial charge in [0, 0.05) is 30.1 Å². The molecular formula is C21H17FN4O. The van der Waals surface area contributed by atoms with Crippen molar-refractivity contribution in [2.24, 2.45) is 7.05 Å². The Bertz CT molecular complexity index is 1170. The lowest BCUT2D eigenvalue weighted by molar-refractivity contribution is 0.102. The van der Waals surface area contributed by atoms with Gasteiger partial charge in [-0.15, -0.1) is 0 Å². The topological polar surface area (TPSA) is 59.8 Å². The highest BCUT2D eigenvalue weighted by molar-refractivity contribution is 6.05. The highest BCUT2D eigenvalue weighted by Gasteiger charge is 2.13. The molecule has 1 amide bonds. The van der Waals surface area contributed by atoms with Crippen LogP contribution < -0.4 is 5.32 Å². The minimum atomic E-state index is -0.301. The molecule has 0 aliphatic heterocycles. The Morgan fingerprint density at radius 3 is 2.74 bits per heavy atom. The standard InChI is InChI=1S/C21H17FN4O/c1-13-11-16(8-9-17(13)22)24-21(27)15-6-3-5-14(12-15)19-25-18-7-4-10-23-20(18)26(19)2/h3-12H,1-2H3,(H,24,27). The van der Waals surface area contributed by atoms with Gasteiger partial charge in [0.2, 0.25) is 0 Å².